The Morgan fingerprint density at radius 2 is 2.04 bits per heavy atom. The van der Waals surface area contributed by atoms with Crippen LogP contribution in [0.2, 0.25) is 0 Å². The van der Waals surface area contributed by atoms with Crippen molar-refractivity contribution in [1.29, 1.82) is 0 Å². The molecule has 0 radical (unpaired) electrons. The first-order valence-electron chi connectivity index (χ1n) is 7.79. The number of carbonyl (C=O) groups is 2. The number of hydrogen-bond donors (Lipinski definition) is 7. The fourth-order valence-electron chi connectivity index (χ4n) is 1.87. The number of nitrogens with two attached hydrogens (primary N) is 3. The molecule has 0 aliphatic rings. The third-order valence-corrected chi connectivity index (χ3v) is 3.20. The third-order valence-electron chi connectivity index (χ3n) is 3.20. The van der Waals surface area contributed by atoms with Crippen molar-refractivity contribution >= 4 is 18.0 Å². The van der Waals surface area contributed by atoms with Gasteiger partial charge in [-0.15, -0.1) is 10.2 Å². The summed E-state index contributed by atoms with van der Waals surface area (Å²) in [5, 5.41) is 30.2. The van der Waals surface area contributed by atoms with E-state index in [4.69, 9.17) is 26.7 Å². The average Bonchev–Trinajstić information content (AvgIpc) is 3.02. The van der Waals surface area contributed by atoms with Crippen LogP contribution >= 0.6 is 0 Å². The van der Waals surface area contributed by atoms with Crippen molar-refractivity contribution in [3.05, 3.63) is 11.8 Å². The molecule has 0 spiro atoms. The predicted molar refractivity (Wildman–Crippen MR) is 89.6 cm³/mol. The van der Waals surface area contributed by atoms with Crippen LogP contribution in [-0.4, -0.2) is 57.1 Å². The van der Waals surface area contributed by atoms with E-state index in [1.807, 2.05) is 0 Å². The molecule has 1 aromatic heterocycles. The summed E-state index contributed by atoms with van der Waals surface area (Å²) >= 11 is 0. The molecule has 0 fully saturated rings. The average molecular weight is 372 g/mol. The highest BCUT2D eigenvalue weighted by molar-refractivity contribution is 5.82. The molecule has 10 N–H and O–H groups in total. The number of nitrogens with one attached hydrogen (secondary N) is 2. The standard InChI is InChI=1S/C13H24N8O5/c1-6(22)9(11(23)24)19-13(25)18-5-8-20-21-10(26-8)7(14)3-2-4-17-12(15)16/h6-7,9,22H,2-5,14H2,1H3,(H,23,24)(H4,15,16,17)(H2,18,19,25)/t6?,7-,9?/m0/s1. The zero-order valence-electron chi connectivity index (χ0n) is 14.3. The quantitative estimate of drug-likeness (QED) is 0.132. The summed E-state index contributed by atoms with van der Waals surface area (Å²) in [5.74, 6) is -1.07. The molecule has 2 unspecified atom stereocenters. The van der Waals surface area contributed by atoms with Gasteiger partial charge < -0.3 is 42.5 Å². The Bertz CT molecular complexity index is 628. The number of urea groups is 1. The summed E-state index contributed by atoms with van der Waals surface area (Å²) in [5.41, 5.74) is 16.3. The van der Waals surface area contributed by atoms with Crippen LogP contribution in [0.5, 0.6) is 0 Å². The molecule has 3 atom stereocenters. The molecule has 0 aliphatic heterocycles. The van der Waals surface area contributed by atoms with Crippen LogP contribution in [0.4, 0.5) is 4.79 Å². The van der Waals surface area contributed by atoms with Crippen molar-refractivity contribution in [1.82, 2.24) is 20.8 Å². The minimum absolute atomic E-state index is 0.00345. The van der Waals surface area contributed by atoms with Gasteiger partial charge in [-0.2, -0.15) is 0 Å². The largest absolute Gasteiger partial charge is 0.480 e. The number of carboxylic acid groups (broad SMARTS) is 1. The first kappa shape index (κ1) is 21.1. The lowest BCUT2D eigenvalue weighted by Crippen LogP contribution is -2.51. The Balaban J connectivity index is 2.44. The summed E-state index contributed by atoms with van der Waals surface area (Å²) in [7, 11) is 0. The van der Waals surface area contributed by atoms with Crippen LogP contribution in [0.25, 0.3) is 0 Å². The normalized spacial score (nSPS) is 14.1. The second kappa shape index (κ2) is 10.1. The van der Waals surface area contributed by atoms with E-state index in [0.29, 0.717) is 19.4 Å². The van der Waals surface area contributed by atoms with Crippen LogP contribution in [0.15, 0.2) is 9.41 Å². The van der Waals surface area contributed by atoms with Crippen LogP contribution < -0.4 is 27.8 Å². The van der Waals surface area contributed by atoms with E-state index in [9.17, 15) is 14.7 Å². The molecule has 2 amide bonds. The van der Waals surface area contributed by atoms with Gasteiger partial charge in [0.05, 0.1) is 18.7 Å². The fourth-order valence-corrected chi connectivity index (χ4v) is 1.87. The first-order valence-corrected chi connectivity index (χ1v) is 7.79. The third kappa shape index (κ3) is 7.31. The lowest BCUT2D eigenvalue weighted by atomic mass is 10.2. The number of carbonyl (C=O) groups excluding carboxylic acids is 1. The smallest absolute Gasteiger partial charge is 0.328 e. The number of amides is 2. The summed E-state index contributed by atoms with van der Waals surface area (Å²) in [6.07, 6.45) is -0.126. The van der Waals surface area contributed by atoms with Crippen LogP contribution in [0.3, 0.4) is 0 Å². The molecule has 13 heteroatoms. The van der Waals surface area contributed by atoms with E-state index in [1.54, 1.807) is 0 Å². The second-order valence-corrected chi connectivity index (χ2v) is 5.47. The maximum atomic E-state index is 11.7. The molecule has 13 nitrogen and oxygen atoms in total. The van der Waals surface area contributed by atoms with Gasteiger partial charge in [-0.25, -0.2) is 9.59 Å². The molecule has 26 heavy (non-hydrogen) atoms. The molecular formula is C13H24N8O5. The zero-order valence-corrected chi connectivity index (χ0v) is 14.3. The molecule has 1 heterocycles. The van der Waals surface area contributed by atoms with E-state index >= 15 is 0 Å². The monoisotopic (exact) mass is 372 g/mol. The Hall–Kier alpha value is -2.93. The van der Waals surface area contributed by atoms with Gasteiger partial charge in [0.25, 0.3) is 0 Å². The highest BCUT2D eigenvalue weighted by Gasteiger charge is 2.25. The number of aliphatic hydroxyl groups excluding tert-OH is 1. The predicted octanol–water partition coefficient (Wildman–Crippen LogP) is -2.24. The summed E-state index contributed by atoms with van der Waals surface area (Å²) in [4.78, 5) is 26.4. The maximum Gasteiger partial charge on any atom is 0.328 e. The van der Waals surface area contributed by atoms with Gasteiger partial charge in [-0.05, 0) is 19.8 Å². The topological polar surface area (TPSA) is 228 Å². The Morgan fingerprint density at radius 1 is 1.35 bits per heavy atom. The van der Waals surface area contributed by atoms with Crippen molar-refractivity contribution < 1.29 is 24.2 Å². The number of nitrogens with zero attached hydrogens (tertiary/aromatic N) is 3. The minimum atomic E-state index is -1.44. The van der Waals surface area contributed by atoms with E-state index in [1.165, 1.54) is 6.92 Å². The number of aliphatic imine (C=N–C) groups is 1. The Kier molecular flexibility index (Phi) is 8.24. The first-order chi connectivity index (χ1) is 12.2. The molecular weight excluding hydrogens is 348 g/mol. The SMILES string of the molecule is CC(O)C(NC(=O)NCc1nnc([C@@H](N)CCCN=C(N)N)o1)C(=O)O. The number of guanidine groups is 1. The van der Waals surface area contributed by atoms with Crippen LogP contribution in [0, 0.1) is 0 Å². The number of hydrogen-bond acceptors (Lipinski definition) is 8. The zero-order chi connectivity index (χ0) is 19.7. The summed E-state index contributed by atoms with van der Waals surface area (Å²) < 4.78 is 5.33. The van der Waals surface area contributed by atoms with Gasteiger partial charge in [-0.3, -0.25) is 4.99 Å². The summed E-state index contributed by atoms with van der Waals surface area (Å²) in [6, 6.07) is -2.75. The van der Waals surface area contributed by atoms with Gasteiger partial charge in [0.15, 0.2) is 12.0 Å². The molecule has 1 aromatic rings. The Labute approximate surface area is 149 Å². The maximum absolute atomic E-state index is 11.7. The minimum Gasteiger partial charge on any atom is -0.480 e. The molecule has 0 aliphatic carbocycles. The molecule has 0 saturated heterocycles. The van der Waals surface area contributed by atoms with Crippen molar-refractivity contribution in [3.8, 4) is 0 Å². The molecule has 0 saturated carbocycles. The number of carboxylic acids is 1. The lowest BCUT2D eigenvalue weighted by Gasteiger charge is -2.16. The molecule has 1 rings (SSSR count). The van der Waals surface area contributed by atoms with Gasteiger partial charge >= 0.3 is 12.0 Å². The fraction of sp³-hybridized carbons (Fsp3) is 0.615. The number of aliphatic carboxylic acids is 1. The Morgan fingerprint density at radius 3 is 2.62 bits per heavy atom. The van der Waals surface area contributed by atoms with Gasteiger partial charge in [-0.1, -0.05) is 0 Å². The van der Waals surface area contributed by atoms with Gasteiger partial charge in [0.1, 0.15) is 0 Å². The van der Waals surface area contributed by atoms with Crippen molar-refractivity contribution in [2.45, 2.75) is 44.5 Å². The molecule has 0 aromatic carbocycles. The number of aliphatic hydroxyl groups is 1. The highest BCUT2D eigenvalue weighted by atomic mass is 16.4. The molecule has 146 valence electrons. The van der Waals surface area contributed by atoms with Crippen molar-refractivity contribution in [2.75, 3.05) is 6.54 Å². The van der Waals surface area contributed by atoms with E-state index < -0.39 is 30.2 Å². The number of rotatable bonds is 10. The lowest BCUT2D eigenvalue weighted by molar-refractivity contribution is -0.141. The van der Waals surface area contributed by atoms with Gasteiger partial charge in [0, 0.05) is 6.54 Å². The van der Waals surface area contributed by atoms with Crippen molar-refractivity contribution in [2.24, 2.45) is 22.2 Å². The summed E-state index contributed by atoms with van der Waals surface area (Å²) in [6.45, 7) is 1.54. The van der Waals surface area contributed by atoms with Crippen LogP contribution in [0.1, 0.15) is 37.6 Å². The van der Waals surface area contributed by atoms with E-state index in [0.717, 1.165) is 0 Å². The van der Waals surface area contributed by atoms with Crippen molar-refractivity contribution in [3.63, 3.8) is 0 Å². The van der Waals surface area contributed by atoms with Crippen LogP contribution in [-0.2, 0) is 11.3 Å². The van der Waals surface area contributed by atoms with E-state index in [-0.39, 0.29) is 24.3 Å². The van der Waals surface area contributed by atoms with Gasteiger partial charge in [0.2, 0.25) is 11.8 Å². The number of aromatic nitrogens is 2. The molecule has 0 bridgehead atoms. The van der Waals surface area contributed by atoms with E-state index in [2.05, 4.69) is 25.8 Å². The highest BCUT2D eigenvalue weighted by Crippen LogP contribution is 2.14. The second-order valence-electron chi connectivity index (χ2n) is 5.47.